The molecule has 0 unspecified atom stereocenters. The van der Waals surface area contributed by atoms with Gasteiger partial charge in [0.2, 0.25) is 0 Å². The van der Waals surface area contributed by atoms with Crippen molar-refractivity contribution in [1.29, 1.82) is 0 Å². The van der Waals surface area contributed by atoms with Gasteiger partial charge in [-0.25, -0.2) is 4.79 Å². The van der Waals surface area contributed by atoms with Gasteiger partial charge >= 0.3 is 5.97 Å². The topological polar surface area (TPSA) is 82.0 Å². The molecule has 0 amide bonds. The lowest BCUT2D eigenvalue weighted by molar-refractivity contribution is -0.268. The summed E-state index contributed by atoms with van der Waals surface area (Å²) in [7, 11) is 1.53. The van der Waals surface area contributed by atoms with Crippen molar-refractivity contribution < 1.29 is 19.7 Å². The number of hydrogen-bond donors (Lipinski definition) is 1. The summed E-state index contributed by atoms with van der Waals surface area (Å²) in [5.74, 6) is -0.577. The second kappa shape index (κ2) is 7.08. The summed E-state index contributed by atoms with van der Waals surface area (Å²) in [5.41, 5.74) is 1.76. The Bertz CT molecular complexity index is 735. The van der Waals surface area contributed by atoms with E-state index in [4.69, 9.17) is 9.84 Å². The molecule has 1 N–H and O–H groups in total. The highest BCUT2D eigenvalue weighted by Crippen LogP contribution is 2.21. The molecule has 2 aromatic rings. The van der Waals surface area contributed by atoms with Crippen LogP contribution in [-0.2, 0) is 4.79 Å². The fourth-order valence-corrected chi connectivity index (χ4v) is 1.77. The molecule has 0 spiro atoms. The second-order valence-corrected chi connectivity index (χ2v) is 4.43. The molecule has 0 aliphatic carbocycles. The summed E-state index contributed by atoms with van der Waals surface area (Å²) in [6.07, 6.45) is 4.00. The van der Waals surface area contributed by atoms with Crippen molar-refractivity contribution in [2.45, 2.75) is 0 Å². The highest BCUT2D eigenvalue weighted by molar-refractivity contribution is 5.87. The maximum Gasteiger partial charge on any atom is 0.328 e. The Balaban J connectivity index is 2.23. The van der Waals surface area contributed by atoms with Crippen LogP contribution in [0.5, 0.6) is 11.5 Å². The van der Waals surface area contributed by atoms with Crippen molar-refractivity contribution in [2.75, 3.05) is 7.11 Å². The van der Waals surface area contributed by atoms with Crippen molar-refractivity contribution in [3.8, 4) is 11.5 Å². The summed E-state index contributed by atoms with van der Waals surface area (Å²) in [4.78, 5) is 14.7. The molecule has 0 radical (unpaired) electrons. The number of aliphatic carboxylic acids is 1. The van der Waals surface area contributed by atoms with Gasteiger partial charge < -0.3 is 14.9 Å². The van der Waals surface area contributed by atoms with Crippen LogP contribution in [0.3, 0.4) is 0 Å². The summed E-state index contributed by atoms with van der Waals surface area (Å²) in [6.45, 7) is 0. The summed E-state index contributed by atoms with van der Waals surface area (Å²) < 4.78 is 5.07. The number of methoxy groups -OCH3 is 1. The maximum absolute atomic E-state index is 11.7. The van der Waals surface area contributed by atoms with Crippen molar-refractivity contribution in [2.24, 2.45) is 4.99 Å². The lowest BCUT2D eigenvalue weighted by Crippen LogP contribution is -1.96. The van der Waals surface area contributed by atoms with Crippen LogP contribution in [0.2, 0.25) is 0 Å². The number of hydrogen-bond acceptors (Lipinski definition) is 4. The van der Waals surface area contributed by atoms with E-state index in [0.717, 1.165) is 6.08 Å². The smallest absolute Gasteiger partial charge is 0.328 e. The minimum absolute atomic E-state index is 0.147. The Hall–Kier alpha value is -3.08. The summed E-state index contributed by atoms with van der Waals surface area (Å²) in [6, 6.07) is 11.6. The predicted molar refractivity (Wildman–Crippen MR) is 82.8 cm³/mol. The molecular formula is C17H14NO4-. The zero-order chi connectivity index (χ0) is 15.9. The van der Waals surface area contributed by atoms with Gasteiger partial charge in [-0.05, 0) is 41.5 Å². The zero-order valence-electron chi connectivity index (χ0n) is 11.9. The molecule has 2 rings (SSSR count). The first-order valence-electron chi connectivity index (χ1n) is 6.48. The molecule has 0 saturated carbocycles. The van der Waals surface area contributed by atoms with Crippen molar-refractivity contribution in [3.05, 3.63) is 59.7 Å². The van der Waals surface area contributed by atoms with E-state index >= 15 is 0 Å². The van der Waals surface area contributed by atoms with Crippen LogP contribution in [-0.4, -0.2) is 24.4 Å². The summed E-state index contributed by atoms with van der Waals surface area (Å²) in [5, 5.41) is 20.3. The normalized spacial score (nSPS) is 11.1. The molecule has 22 heavy (non-hydrogen) atoms. The third-order valence-corrected chi connectivity index (χ3v) is 2.86. The van der Waals surface area contributed by atoms with Gasteiger partial charge in [-0.1, -0.05) is 23.9 Å². The minimum Gasteiger partial charge on any atom is -0.872 e. The van der Waals surface area contributed by atoms with E-state index in [2.05, 4.69) is 4.99 Å². The van der Waals surface area contributed by atoms with Crippen LogP contribution >= 0.6 is 0 Å². The van der Waals surface area contributed by atoms with E-state index < -0.39 is 5.97 Å². The number of nitrogens with zero attached hydrogens (tertiary/aromatic N) is 1. The van der Waals surface area contributed by atoms with Crippen molar-refractivity contribution in [1.82, 2.24) is 0 Å². The van der Waals surface area contributed by atoms with Crippen LogP contribution in [0.1, 0.15) is 11.1 Å². The number of benzene rings is 2. The molecule has 0 saturated heterocycles. The van der Waals surface area contributed by atoms with Crippen LogP contribution in [0.15, 0.2) is 53.5 Å². The Kier molecular flexibility index (Phi) is 4.93. The van der Waals surface area contributed by atoms with Gasteiger partial charge in [0.15, 0.2) is 0 Å². The van der Waals surface area contributed by atoms with Crippen LogP contribution in [0.4, 0.5) is 5.69 Å². The lowest BCUT2D eigenvalue weighted by atomic mass is 10.2. The third kappa shape index (κ3) is 4.21. The first-order valence-corrected chi connectivity index (χ1v) is 6.48. The number of carboxylic acids is 1. The largest absolute Gasteiger partial charge is 0.872 e. The molecule has 0 heterocycles. The Morgan fingerprint density at radius 2 is 2.09 bits per heavy atom. The highest BCUT2D eigenvalue weighted by atomic mass is 16.5. The summed E-state index contributed by atoms with van der Waals surface area (Å²) >= 11 is 0. The standard InChI is InChI=1S/C17H15NO4/c1-22-15-6-7-16(19)13(10-15)11-18-14-4-2-3-12(9-14)5-8-17(20)21/h2-11,19H,1H3,(H,20,21)/p-1/b8-5+,18-11?. The van der Waals surface area contributed by atoms with Crippen LogP contribution in [0, 0.1) is 0 Å². The number of carboxylic acid groups (broad SMARTS) is 1. The van der Waals surface area contributed by atoms with Gasteiger partial charge in [0.1, 0.15) is 5.75 Å². The fraction of sp³-hybridized carbons (Fsp3) is 0.0588. The number of ether oxygens (including phenoxy) is 1. The Labute approximate surface area is 127 Å². The van der Waals surface area contributed by atoms with E-state index in [-0.39, 0.29) is 5.75 Å². The molecule has 0 aromatic heterocycles. The van der Waals surface area contributed by atoms with E-state index in [1.165, 1.54) is 25.5 Å². The Morgan fingerprint density at radius 3 is 2.82 bits per heavy atom. The SMILES string of the molecule is COc1ccc([O-])c(C=Nc2cccc(/C=C/C(=O)O)c2)c1. The number of carbonyl (C=O) groups is 1. The van der Waals surface area contributed by atoms with E-state index in [1.54, 1.807) is 36.4 Å². The maximum atomic E-state index is 11.7. The Morgan fingerprint density at radius 1 is 1.27 bits per heavy atom. The van der Waals surface area contributed by atoms with Gasteiger partial charge in [0, 0.05) is 12.3 Å². The van der Waals surface area contributed by atoms with Crippen LogP contribution in [0.25, 0.3) is 6.08 Å². The predicted octanol–water partition coefficient (Wildman–Crippen LogP) is 2.62. The van der Waals surface area contributed by atoms with Gasteiger partial charge in [0.25, 0.3) is 0 Å². The van der Waals surface area contributed by atoms with Gasteiger partial charge in [-0.2, -0.15) is 0 Å². The van der Waals surface area contributed by atoms with E-state index in [0.29, 0.717) is 22.6 Å². The minimum atomic E-state index is -1.01. The highest BCUT2D eigenvalue weighted by Gasteiger charge is 1.96. The van der Waals surface area contributed by atoms with Gasteiger partial charge in [-0.3, -0.25) is 4.99 Å². The average molecular weight is 296 g/mol. The third-order valence-electron chi connectivity index (χ3n) is 2.86. The lowest BCUT2D eigenvalue weighted by Gasteiger charge is -2.11. The molecule has 5 heteroatoms. The molecule has 2 aromatic carbocycles. The van der Waals surface area contributed by atoms with Crippen molar-refractivity contribution in [3.63, 3.8) is 0 Å². The fourth-order valence-electron chi connectivity index (χ4n) is 1.77. The average Bonchev–Trinajstić information content (AvgIpc) is 2.52. The molecule has 112 valence electrons. The second-order valence-electron chi connectivity index (χ2n) is 4.43. The van der Waals surface area contributed by atoms with Crippen molar-refractivity contribution >= 4 is 23.9 Å². The van der Waals surface area contributed by atoms with E-state index in [9.17, 15) is 9.90 Å². The first kappa shape index (κ1) is 15.3. The zero-order valence-corrected chi connectivity index (χ0v) is 11.9. The molecule has 0 fully saturated rings. The van der Waals surface area contributed by atoms with Crippen LogP contribution < -0.4 is 9.84 Å². The number of aliphatic imine (C=N–C) groups is 1. The molecule has 0 aliphatic rings. The molecule has 0 bridgehead atoms. The molecule has 5 nitrogen and oxygen atoms in total. The molecule has 0 aliphatic heterocycles. The number of rotatable bonds is 5. The first-order chi connectivity index (χ1) is 10.6. The molecular weight excluding hydrogens is 282 g/mol. The molecule has 0 atom stereocenters. The van der Waals surface area contributed by atoms with E-state index in [1.807, 2.05) is 0 Å². The van der Waals surface area contributed by atoms with Gasteiger partial charge in [-0.15, -0.1) is 0 Å². The van der Waals surface area contributed by atoms with Gasteiger partial charge in [0.05, 0.1) is 12.8 Å². The monoisotopic (exact) mass is 296 g/mol. The quantitative estimate of drug-likeness (QED) is 0.679.